The molecule has 3 aromatic rings. The predicted octanol–water partition coefficient (Wildman–Crippen LogP) is 3.70. The Morgan fingerprint density at radius 2 is 1.81 bits per heavy atom. The van der Waals surface area contributed by atoms with Gasteiger partial charge in [0.2, 0.25) is 0 Å². The van der Waals surface area contributed by atoms with E-state index >= 15 is 0 Å². The van der Waals surface area contributed by atoms with Gasteiger partial charge in [-0.2, -0.15) is 0 Å². The summed E-state index contributed by atoms with van der Waals surface area (Å²) >= 11 is 0. The summed E-state index contributed by atoms with van der Waals surface area (Å²) in [6.07, 6.45) is 1.77. The number of fused-ring (bicyclic) bond motifs is 1. The Kier molecular flexibility index (Phi) is 2.15. The van der Waals surface area contributed by atoms with Crippen molar-refractivity contribution in [3.05, 3.63) is 66.9 Å². The molecule has 0 aliphatic carbocycles. The second-order valence-corrected chi connectivity index (χ2v) is 3.67. The second kappa shape index (κ2) is 3.78. The molecule has 1 radical (unpaired) electrons. The number of aromatic nitrogens is 1. The van der Waals surface area contributed by atoms with Crippen molar-refractivity contribution in [1.82, 2.24) is 4.98 Å². The monoisotopic (exact) mass is 204 g/mol. The summed E-state index contributed by atoms with van der Waals surface area (Å²) in [6.45, 7) is 0. The lowest BCUT2D eigenvalue weighted by atomic mass is 10.0. The highest BCUT2D eigenvalue weighted by atomic mass is 14.7. The van der Waals surface area contributed by atoms with E-state index in [1.807, 2.05) is 12.1 Å². The van der Waals surface area contributed by atoms with Crippen LogP contribution in [0.15, 0.2) is 60.8 Å². The van der Waals surface area contributed by atoms with E-state index < -0.39 is 0 Å². The third kappa shape index (κ3) is 1.47. The molecule has 0 saturated heterocycles. The van der Waals surface area contributed by atoms with Gasteiger partial charge in [-0.1, -0.05) is 42.5 Å². The molecule has 3 rings (SSSR count). The van der Waals surface area contributed by atoms with Gasteiger partial charge in [0.1, 0.15) is 0 Å². The minimum absolute atomic E-state index is 0.972. The highest BCUT2D eigenvalue weighted by Gasteiger charge is 2.02. The van der Waals surface area contributed by atoms with Crippen LogP contribution in [0.5, 0.6) is 0 Å². The molecule has 0 bridgehead atoms. The molecule has 16 heavy (non-hydrogen) atoms. The Hall–Kier alpha value is -2.15. The van der Waals surface area contributed by atoms with Crippen LogP contribution >= 0.6 is 0 Å². The Morgan fingerprint density at radius 1 is 0.938 bits per heavy atom. The van der Waals surface area contributed by atoms with Gasteiger partial charge >= 0.3 is 0 Å². The summed E-state index contributed by atoms with van der Waals surface area (Å²) in [6, 6.07) is 21.4. The molecule has 1 heterocycles. The zero-order chi connectivity index (χ0) is 10.8. The molecule has 1 nitrogen and oxygen atoms in total. The number of rotatable bonds is 1. The molecule has 0 aliphatic rings. The van der Waals surface area contributed by atoms with Crippen molar-refractivity contribution < 1.29 is 0 Å². The van der Waals surface area contributed by atoms with Gasteiger partial charge in [0.05, 0.1) is 5.69 Å². The van der Waals surface area contributed by atoms with Crippen LogP contribution in [0.1, 0.15) is 0 Å². The van der Waals surface area contributed by atoms with E-state index in [0.717, 1.165) is 11.3 Å². The number of nitrogens with zero attached hydrogens (tertiary/aromatic N) is 1. The molecule has 0 saturated carbocycles. The maximum absolute atomic E-state index is 4.37. The first-order valence-corrected chi connectivity index (χ1v) is 5.25. The highest BCUT2D eigenvalue weighted by molar-refractivity contribution is 5.95. The fourth-order valence-corrected chi connectivity index (χ4v) is 1.92. The first-order chi connectivity index (χ1) is 7.95. The topological polar surface area (TPSA) is 12.9 Å². The Bertz CT molecular complexity index is 609. The minimum Gasteiger partial charge on any atom is -0.256 e. The first-order valence-electron chi connectivity index (χ1n) is 5.25. The summed E-state index contributed by atoms with van der Waals surface area (Å²) in [4.78, 5) is 4.37. The van der Waals surface area contributed by atoms with E-state index in [4.69, 9.17) is 0 Å². The van der Waals surface area contributed by atoms with Crippen molar-refractivity contribution in [1.29, 1.82) is 0 Å². The zero-order valence-corrected chi connectivity index (χ0v) is 8.72. The third-order valence-corrected chi connectivity index (χ3v) is 2.67. The molecule has 0 aliphatic heterocycles. The second-order valence-electron chi connectivity index (χ2n) is 3.67. The molecular formula is C15H10N. The SMILES string of the molecule is [c]1ccnc(-c2cccc3ccccc23)c1. The summed E-state index contributed by atoms with van der Waals surface area (Å²) in [5, 5.41) is 2.47. The number of benzene rings is 2. The van der Waals surface area contributed by atoms with E-state index in [1.165, 1.54) is 10.8 Å². The van der Waals surface area contributed by atoms with Gasteiger partial charge < -0.3 is 0 Å². The number of hydrogen-bond donors (Lipinski definition) is 0. The van der Waals surface area contributed by atoms with E-state index in [-0.39, 0.29) is 0 Å². The summed E-state index contributed by atoms with van der Waals surface area (Å²) in [5.41, 5.74) is 2.13. The molecule has 75 valence electrons. The zero-order valence-electron chi connectivity index (χ0n) is 8.72. The Balaban J connectivity index is 2.32. The molecule has 1 heteroatoms. The molecule has 0 fully saturated rings. The summed E-state index contributed by atoms with van der Waals surface area (Å²) in [5.74, 6) is 0. The molecule has 0 atom stereocenters. The molecule has 0 amide bonds. The van der Waals surface area contributed by atoms with Crippen molar-refractivity contribution in [2.45, 2.75) is 0 Å². The van der Waals surface area contributed by atoms with Gasteiger partial charge in [-0.25, -0.2) is 0 Å². The molecule has 2 aromatic carbocycles. The lowest BCUT2D eigenvalue weighted by molar-refractivity contribution is 1.33. The average Bonchev–Trinajstić information content (AvgIpc) is 2.39. The summed E-state index contributed by atoms with van der Waals surface area (Å²) in [7, 11) is 0. The van der Waals surface area contributed by atoms with Gasteiger partial charge in [0.25, 0.3) is 0 Å². The normalized spacial score (nSPS) is 10.5. The quantitative estimate of drug-likeness (QED) is 0.589. The van der Waals surface area contributed by atoms with Gasteiger partial charge in [-0.15, -0.1) is 0 Å². The van der Waals surface area contributed by atoms with Crippen LogP contribution in [-0.4, -0.2) is 4.98 Å². The predicted molar refractivity (Wildman–Crippen MR) is 66.0 cm³/mol. The third-order valence-electron chi connectivity index (χ3n) is 2.67. The van der Waals surface area contributed by atoms with Crippen LogP contribution < -0.4 is 0 Å². The summed E-state index contributed by atoms with van der Waals surface area (Å²) < 4.78 is 0. The first kappa shape index (κ1) is 9.10. The van der Waals surface area contributed by atoms with Gasteiger partial charge in [0, 0.05) is 11.8 Å². The van der Waals surface area contributed by atoms with E-state index in [9.17, 15) is 0 Å². The minimum atomic E-state index is 0.972. The standard InChI is InChI=1S/C15H10N/c1-2-8-13-12(6-1)7-5-9-14(13)15-10-3-4-11-16-15/h1-2,4-11H. The van der Waals surface area contributed by atoms with Crippen LogP contribution in [0.2, 0.25) is 0 Å². The smallest absolute Gasteiger partial charge is 0.0714 e. The Morgan fingerprint density at radius 3 is 2.69 bits per heavy atom. The van der Waals surface area contributed by atoms with Gasteiger partial charge in [-0.3, -0.25) is 4.98 Å². The molecule has 0 unspecified atom stereocenters. The molecular weight excluding hydrogens is 194 g/mol. The van der Waals surface area contributed by atoms with Crippen LogP contribution in [0.3, 0.4) is 0 Å². The van der Waals surface area contributed by atoms with Crippen molar-refractivity contribution >= 4 is 10.8 Å². The van der Waals surface area contributed by atoms with Gasteiger partial charge in [-0.05, 0) is 29.0 Å². The molecule has 1 aromatic heterocycles. The lowest BCUT2D eigenvalue weighted by Crippen LogP contribution is -1.83. The van der Waals surface area contributed by atoms with Crippen molar-refractivity contribution in [3.63, 3.8) is 0 Å². The maximum Gasteiger partial charge on any atom is 0.0714 e. The van der Waals surface area contributed by atoms with Crippen LogP contribution in [0, 0.1) is 6.07 Å². The highest BCUT2D eigenvalue weighted by Crippen LogP contribution is 2.26. The largest absolute Gasteiger partial charge is 0.256 e. The van der Waals surface area contributed by atoms with Crippen molar-refractivity contribution in [2.75, 3.05) is 0 Å². The average molecular weight is 204 g/mol. The van der Waals surface area contributed by atoms with Crippen LogP contribution in [-0.2, 0) is 0 Å². The van der Waals surface area contributed by atoms with Gasteiger partial charge in [0.15, 0.2) is 0 Å². The Labute approximate surface area is 94.4 Å². The van der Waals surface area contributed by atoms with E-state index in [1.54, 1.807) is 6.20 Å². The van der Waals surface area contributed by atoms with E-state index in [0.29, 0.717) is 0 Å². The fourth-order valence-electron chi connectivity index (χ4n) is 1.92. The molecule has 0 spiro atoms. The number of hydrogen-bond acceptors (Lipinski definition) is 1. The lowest BCUT2D eigenvalue weighted by Gasteiger charge is -2.05. The van der Waals surface area contributed by atoms with E-state index in [2.05, 4.69) is 53.5 Å². The van der Waals surface area contributed by atoms with Crippen LogP contribution in [0.4, 0.5) is 0 Å². The number of pyridine rings is 1. The van der Waals surface area contributed by atoms with Crippen molar-refractivity contribution in [3.8, 4) is 11.3 Å². The van der Waals surface area contributed by atoms with Crippen molar-refractivity contribution in [2.24, 2.45) is 0 Å². The molecule has 0 N–H and O–H groups in total. The fraction of sp³-hybridized carbons (Fsp3) is 0. The maximum atomic E-state index is 4.37. The van der Waals surface area contributed by atoms with Crippen LogP contribution in [0.25, 0.3) is 22.0 Å².